The summed E-state index contributed by atoms with van der Waals surface area (Å²) in [6, 6.07) is 10.2. The first-order valence-corrected chi connectivity index (χ1v) is 10.1. The van der Waals surface area contributed by atoms with Gasteiger partial charge in [-0.2, -0.15) is 0 Å². The molecule has 0 radical (unpaired) electrons. The number of likely N-dealkylation sites (N-methyl/N-ethyl adjacent to an activating group) is 1. The third-order valence-electron chi connectivity index (χ3n) is 5.25. The van der Waals surface area contributed by atoms with E-state index in [9.17, 15) is 0 Å². The molecule has 1 aliphatic heterocycles. The van der Waals surface area contributed by atoms with Crippen LogP contribution in [0.15, 0.2) is 36.4 Å². The van der Waals surface area contributed by atoms with Crippen molar-refractivity contribution in [2.24, 2.45) is 0 Å². The van der Waals surface area contributed by atoms with Crippen LogP contribution in [0.4, 0.5) is 0 Å². The Morgan fingerprint density at radius 3 is 2.40 bits per heavy atom. The summed E-state index contributed by atoms with van der Waals surface area (Å²) in [4.78, 5) is 1.35. The Morgan fingerprint density at radius 2 is 1.77 bits per heavy atom. The second kappa shape index (κ2) is 10.6. The zero-order valence-electron chi connectivity index (χ0n) is 18.6. The normalized spacial score (nSPS) is 17.4. The molecule has 1 heterocycles. The number of rotatable bonds is 8. The molecule has 0 aromatic heterocycles. The molecular weight excluding hydrogens is 402 g/mol. The van der Waals surface area contributed by atoms with E-state index in [1.807, 2.05) is 31.2 Å². The van der Waals surface area contributed by atoms with E-state index >= 15 is 0 Å². The maximum atomic E-state index is 6.36. The molecule has 0 unspecified atom stereocenters. The van der Waals surface area contributed by atoms with Gasteiger partial charge in [-0.3, -0.25) is 0 Å². The summed E-state index contributed by atoms with van der Waals surface area (Å²) in [5, 5.41) is 0. The first kappa shape index (κ1) is 23.9. The summed E-state index contributed by atoms with van der Waals surface area (Å²) in [5.74, 6) is 3.27. The van der Waals surface area contributed by atoms with Crippen LogP contribution in [0.3, 0.4) is 0 Å². The molecule has 30 heavy (non-hydrogen) atoms. The Morgan fingerprint density at radius 1 is 1.03 bits per heavy atom. The van der Waals surface area contributed by atoms with Crippen LogP contribution in [0.2, 0.25) is 0 Å². The van der Waals surface area contributed by atoms with E-state index in [0.717, 1.165) is 46.2 Å². The van der Waals surface area contributed by atoms with Gasteiger partial charge < -0.3 is 36.3 Å². The van der Waals surface area contributed by atoms with Gasteiger partial charge in [-0.1, -0.05) is 25.1 Å². The molecule has 164 valence electrons. The smallest absolute Gasteiger partial charge is 0.165 e. The first-order chi connectivity index (χ1) is 14.0. The standard InChI is InChI=1S/C24H31NO4.ClH/c1-7-8-17-13-19-16(2)23(29-24(19)22(14-17)27-6)18-9-10-20(21(15-18)26-5)28-12-11-25(3)4;/h7-10,13-16,23H,11-12H2,1-6H3;1H/b8-7+;/t16-,23-;/m1./s1. The minimum Gasteiger partial charge on any atom is -1.00 e. The van der Waals surface area contributed by atoms with Crippen LogP contribution in [-0.4, -0.2) is 41.5 Å². The van der Waals surface area contributed by atoms with Crippen molar-refractivity contribution in [2.45, 2.75) is 25.9 Å². The monoisotopic (exact) mass is 433 g/mol. The Bertz CT molecular complexity index is 882. The average Bonchev–Trinajstić information content (AvgIpc) is 3.04. The lowest BCUT2D eigenvalue weighted by Crippen LogP contribution is -3.06. The van der Waals surface area contributed by atoms with Crippen molar-refractivity contribution in [2.75, 3.05) is 41.5 Å². The van der Waals surface area contributed by atoms with Crippen LogP contribution in [0.5, 0.6) is 23.0 Å². The van der Waals surface area contributed by atoms with Crippen molar-refractivity contribution in [1.29, 1.82) is 0 Å². The maximum Gasteiger partial charge on any atom is 0.165 e. The fraction of sp³-hybridized carbons (Fsp3) is 0.417. The molecule has 2 atom stereocenters. The van der Waals surface area contributed by atoms with Gasteiger partial charge in [0.15, 0.2) is 23.0 Å². The van der Waals surface area contributed by atoms with Gasteiger partial charge in [-0.05, 0) is 42.3 Å². The Kier molecular flexibility index (Phi) is 8.44. The van der Waals surface area contributed by atoms with Crippen molar-refractivity contribution < 1.29 is 36.3 Å². The fourth-order valence-electron chi connectivity index (χ4n) is 3.64. The van der Waals surface area contributed by atoms with Crippen LogP contribution in [0, 0.1) is 0 Å². The zero-order chi connectivity index (χ0) is 21.0. The predicted molar refractivity (Wildman–Crippen MR) is 116 cm³/mol. The molecule has 1 N–H and O–H groups in total. The van der Waals surface area contributed by atoms with Gasteiger partial charge in [-0.25, -0.2) is 0 Å². The van der Waals surface area contributed by atoms with E-state index in [1.54, 1.807) is 14.2 Å². The summed E-state index contributed by atoms with van der Waals surface area (Å²) in [6.45, 7) is 5.77. The maximum absolute atomic E-state index is 6.36. The third-order valence-corrected chi connectivity index (χ3v) is 5.25. The number of benzene rings is 2. The molecule has 0 aliphatic carbocycles. The molecule has 2 aromatic carbocycles. The number of hydrogen-bond donors (Lipinski definition) is 1. The highest BCUT2D eigenvalue weighted by atomic mass is 35.5. The highest BCUT2D eigenvalue weighted by Crippen LogP contribution is 2.51. The lowest BCUT2D eigenvalue weighted by atomic mass is 9.91. The van der Waals surface area contributed by atoms with E-state index in [4.69, 9.17) is 18.9 Å². The van der Waals surface area contributed by atoms with Crippen molar-refractivity contribution in [3.63, 3.8) is 0 Å². The number of ether oxygens (including phenoxy) is 4. The highest BCUT2D eigenvalue weighted by molar-refractivity contribution is 5.62. The molecule has 0 saturated heterocycles. The number of halogens is 1. The van der Waals surface area contributed by atoms with Crippen molar-refractivity contribution in [1.82, 2.24) is 0 Å². The van der Waals surface area contributed by atoms with Gasteiger partial charge in [0, 0.05) is 11.5 Å². The third kappa shape index (κ3) is 5.02. The average molecular weight is 434 g/mol. The molecule has 0 saturated carbocycles. The van der Waals surface area contributed by atoms with Crippen LogP contribution in [0.1, 0.15) is 42.6 Å². The molecule has 5 nitrogen and oxygen atoms in total. The van der Waals surface area contributed by atoms with Crippen LogP contribution in [0.25, 0.3) is 6.08 Å². The molecule has 6 heteroatoms. The predicted octanol–water partition coefficient (Wildman–Crippen LogP) is 0.501. The second-order valence-electron chi connectivity index (χ2n) is 7.68. The first-order valence-electron chi connectivity index (χ1n) is 10.1. The Balaban J connectivity index is 0.00000320. The lowest BCUT2D eigenvalue weighted by Gasteiger charge is -2.18. The molecular formula is C24H32ClNO4. The molecule has 0 fully saturated rings. The Hall–Kier alpha value is -2.37. The number of nitrogens with one attached hydrogen (secondary N) is 1. The summed E-state index contributed by atoms with van der Waals surface area (Å²) in [7, 11) is 7.57. The highest BCUT2D eigenvalue weighted by Gasteiger charge is 2.35. The van der Waals surface area contributed by atoms with Gasteiger partial charge in [0.2, 0.25) is 0 Å². The van der Waals surface area contributed by atoms with E-state index in [2.05, 4.69) is 39.2 Å². The molecule has 0 bridgehead atoms. The fourth-order valence-corrected chi connectivity index (χ4v) is 3.64. The summed E-state index contributed by atoms with van der Waals surface area (Å²) < 4.78 is 23.5. The van der Waals surface area contributed by atoms with E-state index in [-0.39, 0.29) is 24.4 Å². The quantitative estimate of drug-likeness (QED) is 0.658. The molecule has 0 amide bonds. The second-order valence-corrected chi connectivity index (χ2v) is 7.68. The number of hydrogen-bond acceptors (Lipinski definition) is 4. The molecule has 3 rings (SSSR count). The largest absolute Gasteiger partial charge is 1.00 e. The number of quaternary nitrogens is 1. The molecule has 2 aromatic rings. The lowest BCUT2D eigenvalue weighted by molar-refractivity contribution is -0.858. The number of allylic oxidation sites excluding steroid dienone is 1. The molecule has 0 spiro atoms. The minimum atomic E-state index is -0.103. The Labute approximate surface area is 186 Å². The van der Waals surface area contributed by atoms with Gasteiger partial charge in [0.05, 0.1) is 28.3 Å². The topological polar surface area (TPSA) is 41.4 Å². The van der Waals surface area contributed by atoms with Gasteiger partial charge >= 0.3 is 0 Å². The van der Waals surface area contributed by atoms with E-state index < -0.39 is 0 Å². The summed E-state index contributed by atoms with van der Waals surface area (Å²) in [6.07, 6.45) is 4.00. The van der Waals surface area contributed by atoms with Crippen LogP contribution in [-0.2, 0) is 0 Å². The molecule has 1 aliphatic rings. The van der Waals surface area contributed by atoms with Crippen molar-refractivity contribution in [3.8, 4) is 23.0 Å². The SMILES string of the molecule is C/C=C/c1cc(OC)c2c(c1)[C@@H](C)[C@H](c1ccc(OCC[NH+](C)C)c(OC)c1)O2.[Cl-]. The van der Waals surface area contributed by atoms with E-state index in [0.29, 0.717) is 6.61 Å². The minimum absolute atomic E-state index is 0. The van der Waals surface area contributed by atoms with Crippen molar-refractivity contribution >= 4 is 6.08 Å². The van der Waals surface area contributed by atoms with Gasteiger partial charge in [-0.15, -0.1) is 0 Å². The van der Waals surface area contributed by atoms with Crippen LogP contribution >= 0.6 is 0 Å². The summed E-state index contributed by atoms with van der Waals surface area (Å²) >= 11 is 0. The van der Waals surface area contributed by atoms with Crippen molar-refractivity contribution in [3.05, 3.63) is 53.1 Å². The van der Waals surface area contributed by atoms with Gasteiger partial charge in [0.1, 0.15) is 19.3 Å². The summed E-state index contributed by atoms with van der Waals surface area (Å²) in [5.41, 5.74) is 3.34. The van der Waals surface area contributed by atoms with Gasteiger partial charge in [0.25, 0.3) is 0 Å². The number of methoxy groups -OCH3 is 2. The van der Waals surface area contributed by atoms with Crippen LogP contribution < -0.4 is 36.3 Å². The number of fused-ring (bicyclic) bond motifs is 1. The zero-order valence-corrected chi connectivity index (χ0v) is 19.4. The van der Waals surface area contributed by atoms with E-state index in [1.165, 1.54) is 4.90 Å².